The molecule has 1 aromatic heterocycles. The van der Waals surface area contributed by atoms with Gasteiger partial charge in [0, 0.05) is 42.1 Å². The van der Waals surface area contributed by atoms with E-state index in [0.717, 1.165) is 60.8 Å². The molecule has 3 N–H and O–H groups in total. The predicted octanol–water partition coefficient (Wildman–Crippen LogP) is 6.21. The fourth-order valence-electron chi connectivity index (χ4n) is 5.94. The van der Waals surface area contributed by atoms with E-state index in [0.29, 0.717) is 5.41 Å². The smallest absolute Gasteiger partial charge is 0.307 e. The number of hydrogen-bond donors (Lipinski definition) is 3. The molecule has 2 fully saturated rings. The predicted molar refractivity (Wildman–Crippen MR) is 157 cm³/mol. The van der Waals surface area contributed by atoms with Crippen LogP contribution in [0.15, 0.2) is 18.2 Å². The molecular formula is C32H49N3O3. The lowest BCUT2D eigenvalue weighted by atomic mass is 9.63. The monoisotopic (exact) mass is 523 g/mol. The summed E-state index contributed by atoms with van der Waals surface area (Å²) < 4.78 is 0. The number of fused-ring (bicyclic) bond motifs is 1. The number of pyridine rings is 1. The molecule has 0 radical (unpaired) electrons. The van der Waals surface area contributed by atoms with Crippen molar-refractivity contribution in [3.05, 3.63) is 46.3 Å². The highest BCUT2D eigenvalue weighted by Gasteiger charge is 2.40. The van der Waals surface area contributed by atoms with Gasteiger partial charge in [-0.1, -0.05) is 38.5 Å². The Labute approximate surface area is 229 Å². The van der Waals surface area contributed by atoms with Crippen molar-refractivity contribution in [1.82, 2.24) is 10.3 Å². The van der Waals surface area contributed by atoms with E-state index in [1.54, 1.807) is 20.8 Å². The van der Waals surface area contributed by atoms with E-state index < -0.39 is 11.6 Å². The second-order valence-corrected chi connectivity index (χ2v) is 12.0. The van der Waals surface area contributed by atoms with Crippen LogP contribution in [0.25, 0.3) is 11.1 Å². The second kappa shape index (κ2) is 12.6. The fraction of sp³-hybridized carbons (Fsp3) is 0.625. The first-order chi connectivity index (χ1) is 18.0. The summed E-state index contributed by atoms with van der Waals surface area (Å²) in [4.78, 5) is 19.1. The lowest BCUT2D eigenvalue weighted by Gasteiger charge is -2.49. The maximum atomic E-state index is 11.8. The number of nitrogens with one attached hydrogen (secondary N) is 1. The maximum Gasteiger partial charge on any atom is 0.307 e. The van der Waals surface area contributed by atoms with Gasteiger partial charge in [-0.3, -0.25) is 9.78 Å². The molecular weight excluding hydrogens is 474 g/mol. The first-order valence-corrected chi connectivity index (χ1v) is 14.5. The summed E-state index contributed by atoms with van der Waals surface area (Å²) in [5.74, 6) is -0.787. The zero-order valence-corrected chi connectivity index (χ0v) is 24.7. The highest BCUT2D eigenvalue weighted by Crippen LogP contribution is 2.50. The molecule has 0 amide bonds. The number of anilines is 1. The van der Waals surface area contributed by atoms with E-state index in [-0.39, 0.29) is 6.42 Å². The molecule has 1 saturated carbocycles. The van der Waals surface area contributed by atoms with Crippen LogP contribution in [0.4, 0.5) is 5.69 Å². The van der Waals surface area contributed by atoms with Crippen LogP contribution < -0.4 is 10.2 Å². The Morgan fingerprint density at radius 3 is 2.24 bits per heavy atom. The lowest BCUT2D eigenvalue weighted by molar-refractivity contribution is -0.136. The Morgan fingerprint density at radius 1 is 1.05 bits per heavy atom. The van der Waals surface area contributed by atoms with Crippen molar-refractivity contribution in [2.45, 2.75) is 106 Å². The highest BCUT2D eigenvalue weighted by molar-refractivity contribution is 5.86. The molecule has 1 saturated heterocycles. The molecule has 0 atom stereocenters. The van der Waals surface area contributed by atoms with E-state index in [4.69, 9.17) is 10.1 Å². The number of carboxylic acids is 1. The molecule has 6 heteroatoms. The van der Waals surface area contributed by atoms with Crippen LogP contribution in [-0.2, 0) is 24.2 Å². The number of carbonyl (C=O) groups is 1. The van der Waals surface area contributed by atoms with Gasteiger partial charge in [0.25, 0.3) is 0 Å². The van der Waals surface area contributed by atoms with Crippen LogP contribution >= 0.6 is 0 Å². The van der Waals surface area contributed by atoms with Gasteiger partial charge in [-0.2, -0.15) is 0 Å². The topological polar surface area (TPSA) is 85.7 Å². The van der Waals surface area contributed by atoms with Gasteiger partial charge in [-0.25, -0.2) is 0 Å². The molecule has 38 heavy (non-hydrogen) atoms. The van der Waals surface area contributed by atoms with Crippen molar-refractivity contribution in [2.24, 2.45) is 5.41 Å². The van der Waals surface area contributed by atoms with Gasteiger partial charge >= 0.3 is 5.97 Å². The summed E-state index contributed by atoms with van der Waals surface area (Å²) in [5, 5.41) is 21.6. The maximum absolute atomic E-state index is 11.8. The Hall–Kier alpha value is -2.44. The second-order valence-electron chi connectivity index (χ2n) is 12.0. The normalized spacial score (nSPS) is 17.8. The SMILES string of the molecule is CC.CC(C)(C)O.Cc1nc(C)c(-c2ccc3c(c2)CCNC3)c(N2CCC3(CCC3)CC2)c1CC(=O)O. The highest BCUT2D eigenvalue weighted by atomic mass is 16.4. The summed E-state index contributed by atoms with van der Waals surface area (Å²) in [7, 11) is 0. The summed E-state index contributed by atoms with van der Waals surface area (Å²) in [6, 6.07) is 6.76. The molecule has 210 valence electrons. The summed E-state index contributed by atoms with van der Waals surface area (Å²) >= 11 is 0. The molecule has 3 heterocycles. The van der Waals surface area contributed by atoms with Gasteiger partial charge in [-0.05, 0) is 95.4 Å². The average Bonchev–Trinajstić information content (AvgIpc) is 2.84. The standard InChI is InChI=1S/C26H33N3O2.C4H10O.C2H6/c1-17-22(15-23(30)31)25(29-12-9-26(10-13-29)7-3-8-26)24(18(2)28-17)20-4-5-21-16-27-11-6-19(21)14-20;1-4(2,3)5;1-2/h4-5,14,27H,3,6-13,15-16H2,1-2H3,(H,30,31);5H,1-3H3;1-2H3. The van der Waals surface area contributed by atoms with Gasteiger partial charge in [0.2, 0.25) is 0 Å². The van der Waals surface area contributed by atoms with E-state index >= 15 is 0 Å². The Morgan fingerprint density at radius 2 is 1.68 bits per heavy atom. The van der Waals surface area contributed by atoms with Crippen LogP contribution in [-0.4, -0.2) is 46.4 Å². The van der Waals surface area contributed by atoms with Crippen LogP contribution in [0.5, 0.6) is 0 Å². The number of aliphatic carboxylic acids is 1. The summed E-state index contributed by atoms with van der Waals surface area (Å²) in [5.41, 5.74) is 8.99. The third-order valence-electron chi connectivity index (χ3n) is 7.92. The molecule has 2 aliphatic heterocycles. The number of aliphatic hydroxyl groups is 1. The number of piperidine rings is 1. The van der Waals surface area contributed by atoms with Crippen molar-refractivity contribution in [3.63, 3.8) is 0 Å². The molecule has 1 aliphatic carbocycles. The summed E-state index contributed by atoms with van der Waals surface area (Å²) in [6.07, 6.45) is 7.59. The molecule has 2 aromatic rings. The molecule has 3 aliphatic rings. The van der Waals surface area contributed by atoms with Crippen LogP contribution in [0.1, 0.15) is 94.8 Å². The van der Waals surface area contributed by atoms with Gasteiger partial charge < -0.3 is 20.4 Å². The van der Waals surface area contributed by atoms with Crippen molar-refractivity contribution < 1.29 is 15.0 Å². The largest absolute Gasteiger partial charge is 0.481 e. The van der Waals surface area contributed by atoms with Crippen LogP contribution in [0.3, 0.4) is 0 Å². The Kier molecular flexibility index (Phi) is 9.99. The van der Waals surface area contributed by atoms with Crippen molar-refractivity contribution in [2.75, 3.05) is 24.5 Å². The third-order valence-corrected chi connectivity index (χ3v) is 7.92. The zero-order chi connectivity index (χ0) is 28.1. The van der Waals surface area contributed by atoms with Crippen LogP contribution in [0, 0.1) is 19.3 Å². The molecule has 0 unspecified atom stereocenters. The van der Waals surface area contributed by atoms with Crippen molar-refractivity contribution in [1.29, 1.82) is 0 Å². The van der Waals surface area contributed by atoms with Gasteiger partial charge in [0.1, 0.15) is 0 Å². The average molecular weight is 524 g/mol. The Bertz CT molecular complexity index is 1100. The first kappa shape index (κ1) is 30.1. The van der Waals surface area contributed by atoms with Crippen molar-refractivity contribution >= 4 is 11.7 Å². The molecule has 0 bridgehead atoms. The van der Waals surface area contributed by atoms with E-state index in [2.05, 4.69) is 35.3 Å². The minimum atomic E-state index is -0.787. The lowest BCUT2D eigenvalue weighted by Crippen LogP contribution is -2.44. The van der Waals surface area contributed by atoms with Gasteiger partial charge in [0.05, 0.1) is 17.7 Å². The van der Waals surface area contributed by atoms with Gasteiger partial charge in [-0.15, -0.1) is 0 Å². The number of hydrogen-bond acceptors (Lipinski definition) is 5. The van der Waals surface area contributed by atoms with E-state index in [1.165, 1.54) is 48.8 Å². The molecule has 1 spiro atoms. The number of rotatable bonds is 4. The van der Waals surface area contributed by atoms with E-state index in [9.17, 15) is 9.90 Å². The van der Waals surface area contributed by atoms with Gasteiger partial charge in [0.15, 0.2) is 0 Å². The number of carboxylic acid groups (broad SMARTS) is 1. The minimum Gasteiger partial charge on any atom is -0.481 e. The van der Waals surface area contributed by atoms with Crippen LogP contribution in [0.2, 0.25) is 0 Å². The Balaban J connectivity index is 0.000000515. The first-order valence-electron chi connectivity index (χ1n) is 14.5. The van der Waals surface area contributed by atoms with E-state index in [1.807, 2.05) is 20.8 Å². The molecule has 5 rings (SSSR count). The number of aryl methyl sites for hydroxylation is 2. The van der Waals surface area contributed by atoms with Crippen molar-refractivity contribution in [3.8, 4) is 11.1 Å². The number of benzene rings is 1. The summed E-state index contributed by atoms with van der Waals surface area (Å²) in [6.45, 7) is 17.2. The number of nitrogens with zero attached hydrogens (tertiary/aromatic N) is 2. The molecule has 1 aromatic carbocycles. The zero-order valence-electron chi connectivity index (χ0n) is 24.7. The minimum absolute atomic E-state index is 0.0257. The molecule has 6 nitrogen and oxygen atoms in total. The quantitative estimate of drug-likeness (QED) is 0.442. The third kappa shape index (κ3) is 7.35. The number of aromatic nitrogens is 1. The fourth-order valence-corrected chi connectivity index (χ4v) is 5.94.